The van der Waals surface area contributed by atoms with E-state index in [9.17, 15) is 4.39 Å². The molecule has 13 heavy (non-hydrogen) atoms. The van der Waals surface area contributed by atoms with Gasteiger partial charge in [-0.15, -0.1) is 0 Å². The minimum absolute atomic E-state index is 0.233. The second-order valence-electron chi connectivity index (χ2n) is 3.46. The summed E-state index contributed by atoms with van der Waals surface area (Å²) in [5.41, 5.74) is 2.41. The molecule has 1 nitrogen and oxygen atoms in total. The summed E-state index contributed by atoms with van der Waals surface area (Å²) in [4.78, 5) is 0. The smallest absolute Gasteiger partial charge is 0.165 e. The number of fused-ring (bicyclic) bond motifs is 1. The van der Waals surface area contributed by atoms with E-state index < -0.39 is 0 Å². The number of rotatable bonds is 1. The number of aryl methyl sites for hydroxylation is 2. The maximum absolute atomic E-state index is 13.3. The van der Waals surface area contributed by atoms with Gasteiger partial charge in [0.15, 0.2) is 11.6 Å². The van der Waals surface area contributed by atoms with Gasteiger partial charge in [0.1, 0.15) is 0 Å². The molecule has 70 valence electrons. The first-order valence-corrected chi connectivity index (χ1v) is 4.66. The fraction of sp³-hybridized carbons (Fsp3) is 0.455. The standard InChI is InChI=1S/C11H13FO/c1-13-11-7-9-5-3-2-4-8(9)6-10(11)12/h6-7H,2-5H2,1H3. The molecule has 0 atom stereocenters. The van der Waals surface area contributed by atoms with Crippen LogP contribution in [0.3, 0.4) is 0 Å². The highest BCUT2D eigenvalue weighted by molar-refractivity contribution is 5.38. The Hall–Kier alpha value is -1.05. The molecule has 2 heteroatoms. The van der Waals surface area contributed by atoms with Crippen molar-refractivity contribution >= 4 is 0 Å². The average Bonchev–Trinajstić information content (AvgIpc) is 2.17. The molecule has 0 heterocycles. The lowest BCUT2D eigenvalue weighted by Crippen LogP contribution is -2.04. The van der Waals surface area contributed by atoms with E-state index in [1.165, 1.54) is 25.5 Å². The van der Waals surface area contributed by atoms with Gasteiger partial charge in [-0.3, -0.25) is 0 Å². The number of hydrogen-bond donors (Lipinski definition) is 0. The Kier molecular flexibility index (Phi) is 2.21. The molecular weight excluding hydrogens is 167 g/mol. The van der Waals surface area contributed by atoms with E-state index in [2.05, 4.69) is 0 Å². The second-order valence-corrected chi connectivity index (χ2v) is 3.46. The van der Waals surface area contributed by atoms with Crippen molar-refractivity contribution in [3.05, 3.63) is 29.1 Å². The molecule has 0 unspecified atom stereocenters. The summed E-state index contributed by atoms with van der Waals surface area (Å²) in [5, 5.41) is 0. The van der Waals surface area contributed by atoms with Crippen LogP contribution in [0.4, 0.5) is 4.39 Å². The Bertz CT molecular complexity index is 320. The molecule has 0 N–H and O–H groups in total. The number of hydrogen-bond acceptors (Lipinski definition) is 1. The van der Waals surface area contributed by atoms with Gasteiger partial charge in [-0.2, -0.15) is 0 Å². The van der Waals surface area contributed by atoms with Crippen molar-refractivity contribution in [1.82, 2.24) is 0 Å². The summed E-state index contributed by atoms with van der Waals surface area (Å²) in [5.74, 6) is 0.142. The molecule has 0 saturated heterocycles. The van der Waals surface area contributed by atoms with Gasteiger partial charge in [0, 0.05) is 0 Å². The van der Waals surface area contributed by atoms with Crippen molar-refractivity contribution in [3.8, 4) is 5.75 Å². The normalized spacial score (nSPS) is 15.2. The van der Waals surface area contributed by atoms with E-state index >= 15 is 0 Å². The van der Waals surface area contributed by atoms with Gasteiger partial charge in [-0.05, 0) is 48.9 Å². The van der Waals surface area contributed by atoms with Crippen LogP contribution >= 0.6 is 0 Å². The molecular formula is C11H13FO. The average molecular weight is 180 g/mol. The van der Waals surface area contributed by atoms with Gasteiger partial charge in [-0.1, -0.05) is 0 Å². The third-order valence-corrected chi connectivity index (χ3v) is 2.62. The Morgan fingerprint density at radius 1 is 1.15 bits per heavy atom. The van der Waals surface area contributed by atoms with Crippen LogP contribution in [0.25, 0.3) is 0 Å². The zero-order valence-electron chi connectivity index (χ0n) is 7.77. The van der Waals surface area contributed by atoms with Crippen LogP contribution in [-0.2, 0) is 12.8 Å². The molecule has 0 aliphatic heterocycles. The van der Waals surface area contributed by atoms with Crippen LogP contribution in [0.15, 0.2) is 12.1 Å². The first kappa shape index (κ1) is 8.54. The van der Waals surface area contributed by atoms with E-state index in [0.717, 1.165) is 18.4 Å². The van der Waals surface area contributed by atoms with Crippen LogP contribution in [0.5, 0.6) is 5.75 Å². The molecule has 0 bridgehead atoms. The van der Waals surface area contributed by atoms with Crippen molar-refractivity contribution in [3.63, 3.8) is 0 Å². The zero-order chi connectivity index (χ0) is 9.26. The fourth-order valence-electron chi connectivity index (χ4n) is 1.89. The molecule has 2 rings (SSSR count). The topological polar surface area (TPSA) is 9.23 Å². The monoisotopic (exact) mass is 180 g/mol. The highest BCUT2D eigenvalue weighted by atomic mass is 19.1. The molecule has 0 fully saturated rings. The Morgan fingerprint density at radius 3 is 2.38 bits per heavy atom. The van der Waals surface area contributed by atoms with Gasteiger partial charge in [0.05, 0.1) is 7.11 Å². The van der Waals surface area contributed by atoms with E-state index in [1.807, 2.05) is 6.07 Å². The number of ether oxygens (including phenoxy) is 1. The fourth-order valence-corrected chi connectivity index (χ4v) is 1.89. The minimum Gasteiger partial charge on any atom is -0.494 e. The van der Waals surface area contributed by atoms with E-state index in [1.54, 1.807) is 6.07 Å². The lowest BCUT2D eigenvalue weighted by atomic mass is 9.91. The summed E-state index contributed by atoms with van der Waals surface area (Å²) < 4.78 is 18.2. The molecule has 0 spiro atoms. The molecule has 1 aliphatic carbocycles. The van der Waals surface area contributed by atoms with Crippen LogP contribution in [0.2, 0.25) is 0 Å². The minimum atomic E-state index is -0.233. The van der Waals surface area contributed by atoms with Crippen molar-refractivity contribution < 1.29 is 9.13 Å². The first-order chi connectivity index (χ1) is 6.31. The SMILES string of the molecule is COc1cc2c(cc1F)CCCC2. The quantitative estimate of drug-likeness (QED) is 0.645. The molecule has 0 aromatic heterocycles. The van der Waals surface area contributed by atoms with E-state index in [4.69, 9.17) is 4.74 Å². The van der Waals surface area contributed by atoms with Crippen LogP contribution in [0.1, 0.15) is 24.0 Å². The summed E-state index contributed by atoms with van der Waals surface area (Å²) in [6, 6.07) is 3.46. The maximum Gasteiger partial charge on any atom is 0.165 e. The summed E-state index contributed by atoms with van der Waals surface area (Å²) in [6.45, 7) is 0. The Morgan fingerprint density at radius 2 is 1.77 bits per heavy atom. The Labute approximate surface area is 77.5 Å². The predicted molar refractivity (Wildman–Crippen MR) is 49.6 cm³/mol. The van der Waals surface area contributed by atoms with Gasteiger partial charge >= 0.3 is 0 Å². The van der Waals surface area contributed by atoms with Crippen molar-refractivity contribution in [2.45, 2.75) is 25.7 Å². The van der Waals surface area contributed by atoms with Gasteiger partial charge in [0.25, 0.3) is 0 Å². The van der Waals surface area contributed by atoms with Gasteiger partial charge in [-0.25, -0.2) is 4.39 Å². The molecule has 1 aromatic carbocycles. The van der Waals surface area contributed by atoms with Crippen LogP contribution in [0, 0.1) is 5.82 Å². The second kappa shape index (κ2) is 3.36. The van der Waals surface area contributed by atoms with Crippen LogP contribution < -0.4 is 4.74 Å². The summed E-state index contributed by atoms with van der Waals surface area (Å²) >= 11 is 0. The van der Waals surface area contributed by atoms with Crippen LogP contribution in [-0.4, -0.2) is 7.11 Å². The first-order valence-electron chi connectivity index (χ1n) is 4.66. The van der Waals surface area contributed by atoms with Gasteiger partial charge < -0.3 is 4.74 Å². The number of methoxy groups -OCH3 is 1. The summed E-state index contributed by atoms with van der Waals surface area (Å²) in [6.07, 6.45) is 4.46. The number of benzene rings is 1. The molecule has 1 aromatic rings. The van der Waals surface area contributed by atoms with Gasteiger partial charge in [0.2, 0.25) is 0 Å². The highest BCUT2D eigenvalue weighted by Crippen LogP contribution is 2.27. The summed E-state index contributed by atoms with van der Waals surface area (Å²) in [7, 11) is 1.51. The van der Waals surface area contributed by atoms with E-state index in [0.29, 0.717) is 5.75 Å². The zero-order valence-corrected chi connectivity index (χ0v) is 7.77. The third kappa shape index (κ3) is 1.53. The van der Waals surface area contributed by atoms with E-state index in [-0.39, 0.29) is 5.82 Å². The molecule has 0 radical (unpaired) electrons. The van der Waals surface area contributed by atoms with Crippen molar-refractivity contribution in [2.24, 2.45) is 0 Å². The maximum atomic E-state index is 13.3. The molecule has 1 aliphatic rings. The third-order valence-electron chi connectivity index (χ3n) is 2.62. The molecule has 0 amide bonds. The lowest BCUT2D eigenvalue weighted by molar-refractivity contribution is 0.385. The Balaban J connectivity index is 2.44. The predicted octanol–water partition coefficient (Wildman–Crippen LogP) is 2.71. The largest absolute Gasteiger partial charge is 0.494 e. The molecule has 0 saturated carbocycles. The van der Waals surface area contributed by atoms with Crippen molar-refractivity contribution in [1.29, 1.82) is 0 Å². The lowest BCUT2D eigenvalue weighted by Gasteiger charge is -2.16. The van der Waals surface area contributed by atoms with Crippen molar-refractivity contribution in [2.75, 3.05) is 7.11 Å². The number of halogens is 1. The highest BCUT2D eigenvalue weighted by Gasteiger charge is 2.13.